The molecule has 75 heavy (non-hydrogen) atoms. The van der Waals surface area contributed by atoms with Crippen LogP contribution in [0.15, 0.2) is 169 Å². The Balaban J connectivity index is 0.000000241. The van der Waals surface area contributed by atoms with E-state index in [-0.39, 0.29) is 122 Å². The summed E-state index contributed by atoms with van der Waals surface area (Å²) in [5.74, 6) is -1.42. The number of nitrogens with zero attached hydrogens (tertiary/aromatic N) is 5. The minimum atomic E-state index is -4.58. The van der Waals surface area contributed by atoms with Crippen molar-refractivity contribution in [2.24, 2.45) is 25.4 Å². The number of fused-ring (bicyclic) bond motifs is 2. The van der Waals surface area contributed by atoms with Gasteiger partial charge in [0.05, 0.1) is 42.5 Å². The topological polar surface area (TPSA) is 284 Å². The van der Waals surface area contributed by atoms with Gasteiger partial charge >= 0.3 is 48.9 Å². The van der Waals surface area contributed by atoms with E-state index in [1.807, 2.05) is 0 Å². The molecule has 0 heterocycles. The van der Waals surface area contributed by atoms with Gasteiger partial charge in [-0.25, -0.2) is 0 Å². The average Bonchev–Trinajstić information content (AvgIpc) is 3.37. The second-order valence-corrected chi connectivity index (χ2v) is 19.5. The number of rotatable bonds is 14. The van der Waals surface area contributed by atoms with Gasteiger partial charge in [0.25, 0.3) is 26.1 Å². The smallest absolute Gasteiger partial charge is 0.871 e. The molecule has 0 aliphatic rings. The second-order valence-electron chi connectivity index (χ2n) is 15.8. The van der Waals surface area contributed by atoms with E-state index in [0.717, 1.165) is 12.1 Å². The summed E-state index contributed by atoms with van der Waals surface area (Å²) in [5.41, 5.74) is 0.919. The summed E-state index contributed by atoms with van der Waals surface area (Å²) < 4.78 is 77.0. The zero-order valence-electron chi connectivity index (χ0n) is 40.1. The molecule has 1 amide bonds. The molecule has 8 aromatic carbocycles. The standard InChI is InChI=1S/2C26H22ClN3O6S.Ba/c2*1-3-19-22(12-16(27)13-23(19)37(33,34)35)29-30-24-20-10-5-4-7-15(20)11-21(25(24)31)26(32)28-17-8-6-9-18(14-17)36-2;/h2*4-14,31H,3H2,1-2H3,(H,28,32)(H,33,34,35);/q;;+2/p-2. The van der Waals surface area contributed by atoms with Crippen LogP contribution in [0.3, 0.4) is 0 Å². The minimum absolute atomic E-state index is 0. The van der Waals surface area contributed by atoms with E-state index in [9.17, 15) is 46.1 Å². The predicted octanol–water partition coefficient (Wildman–Crippen LogP) is 11.5. The molecule has 23 heteroatoms. The van der Waals surface area contributed by atoms with Crippen LogP contribution in [0.1, 0.15) is 40.9 Å². The van der Waals surface area contributed by atoms with E-state index < -0.39 is 48.4 Å². The normalized spacial score (nSPS) is 11.9. The Morgan fingerprint density at radius 2 is 1.11 bits per heavy atom. The third-order valence-corrected chi connectivity index (χ3v) is 13.4. The maximum Gasteiger partial charge on any atom is 2.00 e. The molecule has 0 saturated heterocycles. The third kappa shape index (κ3) is 13.7. The molecular weight excluding hydrogens is 1170 g/mol. The van der Waals surface area contributed by atoms with Crippen LogP contribution in [0.2, 0.25) is 10.0 Å². The summed E-state index contributed by atoms with van der Waals surface area (Å²) in [4.78, 5) is 16.4. The largest absolute Gasteiger partial charge is 2.00 e. The third-order valence-electron chi connectivity index (χ3n) is 11.1. The molecule has 0 fully saturated rings. The summed E-state index contributed by atoms with van der Waals surface area (Å²) in [6, 6.07) is 35.1. The van der Waals surface area contributed by atoms with Crippen LogP contribution < -0.4 is 25.0 Å². The van der Waals surface area contributed by atoms with Crippen molar-refractivity contribution >= 4 is 160 Å². The number of carbonyl (C=O) groups is 1. The molecule has 0 saturated carbocycles. The Bertz CT molecular complexity index is 3830. The van der Waals surface area contributed by atoms with Gasteiger partial charge in [-0.3, -0.25) is 18.9 Å². The van der Waals surface area contributed by atoms with Gasteiger partial charge in [-0.05, 0) is 95.7 Å². The van der Waals surface area contributed by atoms with Crippen LogP contribution in [0.4, 0.5) is 34.1 Å². The number of carbonyl (C=O) groups excluding carboxylic acids is 1. The summed E-state index contributed by atoms with van der Waals surface area (Å²) >= 11 is 12.1. The molecule has 0 unspecified atom stereocenters. The number of azo groups is 2. The number of amides is 1. The molecular formula is C52H42BaCl2N6O12S2. The Morgan fingerprint density at radius 3 is 1.63 bits per heavy atom. The van der Waals surface area contributed by atoms with Gasteiger partial charge in [-0.15, -0.1) is 5.11 Å². The molecule has 0 aliphatic carbocycles. The Morgan fingerprint density at radius 1 is 0.627 bits per heavy atom. The van der Waals surface area contributed by atoms with Gasteiger partial charge in [0.2, 0.25) is 0 Å². The Labute approximate surface area is 481 Å². The number of phenols is 1. The fourth-order valence-corrected chi connectivity index (χ4v) is 9.90. The van der Waals surface area contributed by atoms with Gasteiger partial charge in [0.1, 0.15) is 27.0 Å². The van der Waals surface area contributed by atoms with Crippen LogP contribution in [-0.2, 0) is 33.1 Å². The number of hydrogen-bond donors (Lipinski definition) is 4. The number of hydrogen-bond acceptors (Lipinski definition) is 15. The van der Waals surface area contributed by atoms with E-state index in [0.29, 0.717) is 44.4 Å². The van der Waals surface area contributed by atoms with Gasteiger partial charge in [0.15, 0.2) is 5.75 Å². The number of methoxy groups -OCH3 is 2. The first-order valence-corrected chi connectivity index (χ1v) is 25.6. The van der Waals surface area contributed by atoms with E-state index in [1.54, 1.807) is 111 Å². The van der Waals surface area contributed by atoms with Crippen LogP contribution in [0.5, 0.6) is 23.0 Å². The van der Waals surface area contributed by atoms with Gasteiger partial charge < -0.3 is 30.1 Å². The van der Waals surface area contributed by atoms with Crippen molar-refractivity contribution in [2.45, 2.75) is 36.5 Å². The summed E-state index contributed by atoms with van der Waals surface area (Å²) in [6.45, 7) is 3.36. The molecule has 18 nitrogen and oxygen atoms in total. The quantitative estimate of drug-likeness (QED) is 0.0260. The monoisotopic (exact) mass is 1210 g/mol. The van der Waals surface area contributed by atoms with Crippen molar-refractivity contribution in [1.82, 2.24) is 0 Å². The first-order chi connectivity index (χ1) is 35.2. The zero-order valence-corrected chi connectivity index (χ0v) is 47.7. The number of benzene rings is 8. The first kappa shape index (κ1) is 57.9. The number of phenolic OH excluding ortho intramolecular Hbond substituents is 1. The van der Waals surface area contributed by atoms with Crippen molar-refractivity contribution in [1.29, 1.82) is 0 Å². The predicted molar refractivity (Wildman–Crippen MR) is 285 cm³/mol. The SMILES string of the molecule is CCc1c(N=Nc2c(O)c(C(=O)Nc3cccc(OC)c3)cc3ccccc23)cc(Cl)cc1S(=O)(=O)O.CCc1c(N=Nc2c([O-])c(C([O-])=Nc3cccc(OC)c3)cc3ccccc23)cc(Cl)cc1S(=O)(=O)O.[Ba+2]. The van der Waals surface area contributed by atoms with Gasteiger partial charge in [-0.2, -0.15) is 32.2 Å². The molecule has 0 bridgehead atoms. The molecule has 380 valence electrons. The number of aliphatic imine (C=N–C) groups is 1. The molecule has 0 aromatic heterocycles. The average molecular weight is 1220 g/mol. The van der Waals surface area contributed by atoms with Crippen molar-refractivity contribution < 1.29 is 55.5 Å². The van der Waals surface area contributed by atoms with E-state index >= 15 is 0 Å². The first-order valence-electron chi connectivity index (χ1n) is 22.0. The number of nitrogens with one attached hydrogen (secondary N) is 1. The van der Waals surface area contributed by atoms with Crippen LogP contribution >= 0.6 is 23.2 Å². The van der Waals surface area contributed by atoms with E-state index in [4.69, 9.17) is 32.7 Å². The molecule has 0 aliphatic heterocycles. The van der Waals surface area contributed by atoms with Crippen LogP contribution in [0, 0.1) is 0 Å². The van der Waals surface area contributed by atoms with Crippen molar-refractivity contribution in [3.63, 3.8) is 0 Å². The van der Waals surface area contributed by atoms with Gasteiger partial charge in [-0.1, -0.05) is 103 Å². The Kier molecular flexibility index (Phi) is 19.3. The molecule has 8 rings (SSSR count). The number of anilines is 1. The molecule has 0 spiro atoms. The zero-order chi connectivity index (χ0) is 53.5. The van der Waals surface area contributed by atoms with Crippen LogP contribution in [-0.4, -0.2) is 106 Å². The Hall–Kier alpha value is -6.41. The van der Waals surface area contributed by atoms with E-state index in [1.165, 1.54) is 38.5 Å². The maximum absolute atomic E-state index is 13.4. The summed E-state index contributed by atoms with van der Waals surface area (Å²) in [7, 11) is -6.15. The molecule has 4 N–H and O–H groups in total. The fourth-order valence-electron chi connectivity index (χ4n) is 7.67. The van der Waals surface area contributed by atoms with Crippen LogP contribution in [0.25, 0.3) is 21.5 Å². The maximum atomic E-state index is 13.4. The van der Waals surface area contributed by atoms with E-state index in [2.05, 4.69) is 30.8 Å². The summed E-state index contributed by atoms with van der Waals surface area (Å²) in [5, 5.41) is 58.9. The molecule has 8 aromatic rings. The number of halogens is 2. The number of ether oxygens (including phenoxy) is 2. The van der Waals surface area contributed by atoms with Crippen molar-refractivity contribution in [3.05, 3.63) is 166 Å². The minimum Gasteiger partial charge on any atom is -0.871 e. The van der Waals surface area contributed by atoms with Gasteiger partial charge in [0, 0.05) is 49.8 Å². The second kappa shape index (κ2) is 25.0. The number of aromatic hydroxyl groups is 1. The van der Waals surface area contributed by atoms with Crippen molar-refractivity contribution in [2.75, 3.05) is 19.5 Å². The molecule has 0 atom stereocenters. The fraction of sp³-hybridized carbons (Fsp3) is 0.115. The van der Waals surface area contributed by atoms with Crippen molar-refractivity contribution in [3.8, 4) is 23.0 Å². The molecule has 0 radical (unpaired) electrons. The summed E-state index contributed by atoms with van der Waals surface area (Å²) in [6.07, 6.45) is 0.389.